The number of rotatable bonds is 9. The van der Waals surface area contributed by atoms with E-state index in [-0.39, 0.29) is 12.1 Å². The van der Waals surface area contributed by atoms with Gasteiger partial charge in [0.25, 0.3) is 11.8 Å². The van der Waals surface area contributed by atoms with E-state index in [2.05, 4.69) is 11.9 Å². The minimum absolute atomic E-state index is 0.0982. The maximum Gasteiger partial charge on any atom is 0.331 e. The van der Waals surface area contributed by atoms with Crippen LogP contribution in [-0.2, 0) is 29.2 Å². The average Bonchev–Trinajstić information content (AvgIpc) is 3.37. The number of imide groups is 2. The molecule has 184 valence electrons. The lowest BCUT2D eigenvalue weighted by atomic mass is 10.0. The van der Waals surface area contributed by atoms with Crippen LogP contribution in [0, 0.1) is 6.92 Å². The van der Waals surface area contributed by atoms with E-state index in [0.29, 0.717) is 35.9 Å². The first-order valence-corrected chi connectivity index (χ1v) is 11.3. The highest BCUT2D eigenvalue weighted by atomic mass is 16.5. The number of nitrogens with zero attached hydrogens (tertiary/aromatic N) is 1. The number of allylic oxidation sites excluding steroid dienone is 1. The molecule has 1 aromatic heterocycles. The van der Waals surface area contributed by atoms with Crippen LogP contribution in [0.15, 0.2) is 77.4 Å². The number of nitrogens with one attached hydrogen (secondary N) is 1. The van der Waals surface area contributed by atoms with Gasteiger partial charge < -0.3 is 13.9 Å². The van der Waals surface area contributed by atoms with Crippen molar-refractivity contribution in [1.82, 2.24) is 10.2 Å². The molecule has 36 heavy (non-hydrogen) atoms. The van der Waals surface area contributed by atoms with Crippen LogP contribution in [0.25, 0.3) is 6.08 Å². The van der Waals surface area contributed by atoms with Crippen molar-refractivity contribution >= 4 is 23.9 Å². The van der Waals surface area contributed by atoms with E-state index in [0.717, 1.165) is 21.6 Å². The molecule has 1 saturated heterocycles. The molecule has 2 aromatic carbocycles. The lowest BCUT2D eigenvalue weighted by Crippen LogP contribution is -2.53. The van der Waals surface area contributed by atoms with Crippen molar-refractivity contribution in [3.8, 4) is 11.5 Å². The normalized spacial score (nSPS) is 14.7. The predicted molar refractivity (Wildman–Crippen MR) is 133 cm³/mol. The van der Waals surface area contributed by atoms with E-state index < -0.39 is 17.8 Å². The van der Waals surface area contributed by atoms with Gasteiger partial charge in [0, 0.05) is 5.56 Å². The molecule has 4 amide bonds. The van der Waals surface area contributed by atoms with Crippen molar-refractivity contribution in [2.24, 2.45) is 0 Å². The third-order valence-corrected chi connectivity index (χ3v) is 5.59. The molecule has 8 nitrogen and oxygen atoms in total. The van der Waals surface area contributed by atoms with E-state index in [1.165, 1.54) is 19.4 Å². The predicted octanol–water partition coefficient (Wildman–Crippen LogP) is 4.57. The molecule has 1 aliphatic heterocycles. The van der Waals surface area contributed by atoms with E-state index in [1.54, 1.807) is 30.3 Å². The Kier molecular flexibility index (Phi) is 7.34. The Morgan fingerprint density at radius 2 is 1.94 bits per heavy atom. The second-order valence-electron chi connectivity index (χ2n) is 8.27. The molecule has 0 spiro atoms. The Hall–Kier alpha value is -4.59. The fourth-order valence-electron chi connectivity index (χ4n) is 3.91. The molecule has 0 unspecified atom stereocenters. The second-order valence-corrected chi connectivity index (χ2v) is 8.27. The number of aryl methyl sites for hydroxylation is 1. The standard InChI is InChI=1S/C28H26N2O6/c1-4-7-21-13-20(15-24(34-3)25(21)36-17-19-9-5-8-18(2)12-19)14-23-26(31)29-28(33)30(27(23)32)16-22-10-6-11-35-22/h4-6,8-15H,1,7,16-17H2,2-3H3,(H,29,31,33). The quantitative estimate of drug-likeness (QED) is 0.270. The smallest absolute Gasteiger partial charge is 0.331 e. The van der Waals surface area contributed by atoms with Crippen LogP contribution in [0.3, 0.4) is 0 Å². The van der Waals surface area contributed by atoms with Gasteiger partial charge in [0.1, 0.15) is 17.9 Å². The molecule has 0 radical (unpaired) electrons. The number of amides is 4. The number of urea groups is 1. The minimum atomic E-state index is -0.802. The highest BCUT2D eigenvalue weighted by molar-refractivity contribution is 6.30. The monoisotopic (exact) mass is 486 g/mol. The van der Waals surface area contributed by atoms with Gasteiger partial charge in [-0.3, -0.25) is 19.8 Å². The van der Waals surface area contributed by atoms with Crippen molar-refractivity contribution in [2.75, 3.05) is 7.11 Å². The number of methoxy groups -OCH3 is 1. The summed E-state index contributed by atoms with van der Waals surface area (Å²) in [4.78, 5) is 38.8. The largest absolute Gasteiger partial charge is 0.493 e. The number of hydrogen-bond acceptors (Lipinski definition) is 6. The molecule has 0 atom stereocenters. The fourth-order valence-corrected chi connectivity index (χ4v) is 3.91. The Labute approximate surface area is 208 Å². The highest BCUT2D eigenvalue weighted by Crippen LogP contribution is 2.35. The van der Waals surface area contributed by atoms with Gasteiger partial charge in [0.15, 0.2) is 11.5 Å². The molecule has 4 rings (SSSR count). The number of hydrogen-bond donors (Lipinski definition) is 1. The number of carbonyl (C=O) groups excluding carboxylic acids is 3. The maximum absolute atomic E-state index is 13.1. The first kappa shape index (κ1) is 24.5. The number of furan rings is 1. The number of barbiturate groups is 1. The summed E-state index contributed by atoms with van der Waals surface area (Å²) in [5, 5.41) is 2.21. The third-order valence-electron chi connectivity index (χ3n) is 5.59. The van der Waals surface area contributed by atoms with E-state index in [1.807, 2.05) is 31.2 Å². The van der Waals surface area contributed by atoms with Gasteiger partial charge in [-0.25, -0.2) is 4.79 Å². The molecular formula is C28H26N2O6. The number of benzene rings is 2. The van der Waals surface area contributed by atoms with Gasteiger partial charge in [0.2, 0.25) is 0 Å². The van der Waals surface area contributed by atoms with Crippen molar-refractivity contribution in [3.63, 3.8) is 0 Å². The van der Waals surface area contributed by atoms with Gasteiger partial charge in [-0.1, -0.05) is 35.9 Å². The van der Waals surface area contributed by atoms with Crippen molar-refractivity contribution in [3.05, 3.63) is 101 Å². The fraction of sp³-hybridized carbons (Fsp3) is 0.179. The summed E-state index contributed by atoms with van der Waals surface area (Å²) in [6.45, 7) is 6.08. The van der Waals surface area contributed by atoms with Crippen LogP contribution in [0.5, 0.6) is 11.5 Å². The van der Waals surface area contributed by atoms with E-state index >= 15 is 0 Å². The summed E-state index contributed by atoms with van der Waals surface area (Å²) in [5.74, 6) is -0.0812. The summed E-state index contributed by atoms with van der Waals surface area (Å²) in [6, 6.07) is 14.0. The molecular weight excluding hydrogens is 460 g/mol. The van der Waals surface area contributed by atoms with Crippen molar-refractivity contribution in [2.45, 2.75) is 26.5 Å². The summed E-state index contributed by atoms with van der Waals surface area (Å²) in [7, 11) is 1.52. The van der Waals surface area contributed by atoms with Crippen LogP contribution in [-0.4, -0.2) is 29.9 Å². The van der Waals surface area contributed by atoms with Gasteiger partial charge in [-0.05, 0) is 54.8 Å². The van der Waals surface area contributed by atoms with Gasteiger partial charge in [-0.15, -0.1) is 6.58 Å². The van der Waals surface area contributed by atoms with Crippen molar-refractivity contribution in [1.29, 1.82) is 0 Å². The Balaban J connectivity index is 1.65. The Bertz CT molecular complexity index is 1340. The molecule has 2 heterocycles. The van der Waals surface area contributed by atoms with Crippen molar-refractivity contribution < 1.29 is 28.3 Å². The lowest BCUT2D eigenvalue weighted by molar-refractivity contribution is -0.130. The average molecular weight is 487 g/mol. The summed E-state index contributed by atoms with van der Waals surface area (Å²) in [5.41, 5.74) is 3.28. The van der Waals surface area contributed by atoms with E-state index in [4.69, 9.17) is 13.9 Å². The summed E-state index contributed by atoms with van der Waals surface area (Å²) >= 11 is 0. The van der Waals surface area contributed by atoms with Crippen LogP contribution in [0.4, 0.5) is 4.79 Å². The summed E-state index contributed by atoms with van der Waals surface area (Å²) < 4.78 is 17.0. The topological polar surface area (TPSA) is 98.1 Å². The molecule has 1 fully saturated rings. The van der Waals surface area contributed by atoms with Gasteiger partial charge >= 0.3 is 6.03 Å². The zero-order chi connectivity index (χ0) is 25.7. The zero-order valence-corrected chi connectivity index (χ0v) is 20.1. The van der Waals surface area contributed by atoms with Gasteiger partial charge in [0.05, 0.1) is 19.9 Å². The SMILES string of the molecule is C=CCc1cc(C=C2C(=O)NC(=O)N(Cc3ccco3)C2=O)cc(OC)c1OCc1cccc(C)c1. The van der Waals surface area contributed by atoms with Gasteiger partial charge in [-0.2, -0.15) is 0 Å². The van der Waals surface area contributed by atoms with E-state index in [9.17, 15) is 14.4 Å². The lowest BCUT2D eigenvalue weighted by Gasteiger charge is -2.25. The highest BCUT2D eigenvalue weighted by Gasteiger charge is 2.36. The number of ether oxygens (including phenoxy) is 2. The molecule has 0 saturated carbocycles. The summed E-state index contributed by atoms with van der Waals surface area (Å²) in [6.07, 6.45) is 5.07. The zero-order valence-electron chi connectivity index (χ0n) is 20.1. The molecule has 0 bridgehead atoms. The minimum Gasteiger partial charge on any atom is -0.493 e. The van der Waals surface area contributed by atoms with Crippen LogP contribution in [0.1, 0.15) is 28.0 Å². The molecule has 3 aromatic rings. The second kappa shape index (κ2) is 10.8. The Morgan fingerprint density at radius 3 is 2.64 bits per heavy atom. The number of carbonyl (C=O) groups is 3. The first-order chi connectivity index (χ1) is 17.4. The molecule has 8 heteroatoms. The first-order valence-electron chi connectivity index (χ1n) is 11.3. The van der Waals surface area contributed by atoms with Crippen LogP contribution in [0.2, 0.25) is 0 Å². The maximum atomic E-state index is 13.1. The third kappa shape index (κ3) is 5.38. The molecule has 0 aliphatic carbocycles. The molecule has 1 aliphatic rings. The van der Waals surface area contributed by atoms with Crippen LogP contribution >= 0.6 is 0 Å². The molecule has 1 N–H and O–H groups in total. The van der Waals surface area contributed by atoms with Crippen LogP contribution < -0.4 is 14.8 Å². The Morgan fingerprint density at radius 1 is 1.11 bits per heavy atom.